The topological polar surface area (TPSA) is 48.7 Å². The van der Waals surface area contributed by atoms with E-state index in [0.29, 0.717) is 27.8 Å². The maximum absolute atomic E-state index is 12.9. The van der Waals surface area contributed by atoms with Crippen molar-refractivity contribution in [2.75, 3.05) is 5.32 Å². The van der Waals surface area contributed by atoms with E-state index < -0.39 is 11.7 Å². The maximum Gasteiger partial charge on any atom is 0.416 e. The molecule has 0 spiro atoms. The summed E-state index contributed by atoms with van der Waals surface area (Å²) in [4.78, 5) is 4.08. The van der Waals surface area contributed by atoms with Crippen LogP contribution in [0.5, 0.6) is 0 Å². The van der Waals surface area contributed by atoms with Gasteiger partial charge in [0, 0.05) is 17.3 Å². The van der Waals surface area contributed by atoms with Crippen LogP contribution in [0.25, 0.3) is 10.9 Å². The summed E-state index contributed by atoms with van der Waals surface area (Å²) in [7, 11) is 0. The summed E-state index contributed by atoms with van der Waals surface area (Å²) in [5.41, 5.74) is 1.10. The largest absolute Gasteiger partial charge is 0.416 e. The Hall–Kier alpha value is -3.07. The molecule has 0 atom stereocenters. The molecule has 0 fully saturated rings. The molecule has 0 aliphatic rings. The Kier molecular flexibility index (Phi) is 3.62. The molecule has 1 aromatic heterocycles. The van der Waals surface area contributed by atoms with Crippen molar-refractivity contribution in [3.8, 4) is 6.07 Å². The Bertz CT molecular complexity index is 911. The second-order valence-electron chi connectivity index (χ2n) is 4.87. The highest BCUT2D eigenvalue weighted by atomic mass is 19.4. The number of nitriles is 1. The third-order valence-electron chi connectivity index (χ3n) is 3.39. The quantitative estimate of drug-likeness (QED) is 0.734. The Morgan fingerprint density at radius 1 is 1.00 bits per heavy atom. The zero-order chi connectivity index (χ0) is 16.4. The van der Waals surface area contributed by atoms with Crippen LogP contribution in [0, 0.1) is 11.3 Å². The first-order valence-electron chi connectivity index (χ1n) is 6.71. The van der Waals surface area contributed by atoms with Crippen molar-refractivity contribution in [2.45, 2.75) is 6.18 Å². The van der Waals surface area contributed by atoms with Gasteiger partial charge in [0.15, 0.2) is 0 Å². The molecule has 1 heterocycles. The van der Waals surface area contributed by atoms with E-state index in [4.69, 9.17) is 5.26 Å². The molecular weight excluding hydrogens is 303 g/mol. The van der Waals surface area contributed by atoms with Gasteiger partial charge < -0.3 is 5.32 Å². The second-order valence-corrected chi connectivity index (χ2v) is 4.87. The first kappa shape index (κ1) is 14.9. The fourth-order valence-electron chi connectivity index (χ4n) is 2.27. The summed E-state index contributed by atoms with van der Waals surface area (Å²) in [6.45, 7) is 0. The lowest BCUT2D eigenvalue weighted by Crippen LogP contribution is -2.05. The molecule has 0 saturated carbocycles. The summed E-state index contributed by atoms with van der Waals surface area (Å²) >= 11 is 0. The monoisotopic (exact) mass is 313 g/mol. The summed E-state index contributed by atoms with van der Waals surface area (Å²) in [6.07, 6.45) is -2.92. The highest BCUT2D eigenvalue weighted by molar-refractivity contribution is 5.93. The number of benzene rings is 2. The van der Waals surface area contributed by atoms with Crippen LogP contribution < -0.4 is 5.32 Å². The molecule has 23 heavy (non-hydrogen) atoms. The molecule has 1 N–H and O–H groups in total. The zero-order valence-corrected chi connectivity index (χ0v) is 11.7. The number of nitrogens with zero attached hydrogens (tertiary/aromatic N) is 2. The number of hydrogen-bond donors (Lipinski definition) is 1. The van der Waals surface area contributed by atoms with Crippen molar-refractivity contribution < 1.29 is 13.2 Å². The molecule has 0 amide bonds. The average molecular weight is 313 g/mol. The van der Waals surface area contributed by atoms with Crippen molar-refractivity contribution in [3.05, 3.63) is 65.9 Å². The smallest absolute Gasteiger partial charge is 0.354 e. The first-order chi connectivity index (χ1) is 11.0. The Balaban J connectivity index is 2.12. The van der Waals surface area contributed by atoms with Crippen molar-refractivity contribution in [1.82, 2.24) is 4.98 Å². The fourth-order valence-corrected chi connectivity index (χ4v) is 2.27. The molecular formula is C17H10F3N3. The Morgan fingerprint density at radius 3 is 2.52 bits per heavy atom. The Labute approximate surface area is 130 Å². The zero-order valence-electron chi connectivity index (χ0n) is 11.7. The van der Waals surface area contributed by atoms with Gasteiger partial charge in [-0.25, -0.2) is 0 Å². The Morgan fingerprint density at radius 2 is 1.78 bits per heavy atom. The molecule has 0 unspecified atom stereocenters. The van der Waals surface area contributed by atoms with E-state index in [1.807, 2.05) is 6.07 Å². The van der Waals surface area contributed by atoms with Crippen molar-refractivity contribution in [2.24, 2.45) is 0 Å². The predicted octanol–water partition coefficient (Wildman–Crippen LogP) is 4.87. The standard InChI is InChI=1S/C17H10F3N3/c18-17(19,20)12-5-6-15-13(9-12)16(7-8-22-15)23-14-4-2-1-3-11(14)10-21/h1-9H,(H,22,23). The van der Waals surface area contributed by atoms with Crippen molar-refractivity contribution in [3.63, 3.8) is 0 Å². The molecule has 3 nitrogen and oxygen atoms in total. The lowest BCUT2D eigenvalue weighted by molar-refractivity contribution is -0.137. The lowest BCUT2D eigenvalue weighted by Gasteiger charge is -2.12. The molecule has 3 rings (SSSR count). The van der Waals surface area contributed by atoms with Crippen LogP contribution in [0.1, 0.15) is 11.1 Å². The predicted molar refractivity (Wildman–Crippen MR) is 81.2 cm³/mol. The van der Waals surface area contributed by atoms with E-state index in [1.54, 1.807) is 30.3 Å². The number of rotatable bonds is 2. The van der Waals surface area contributed by atoms with Crippen LogP contribution in [0.2, 0.25) is 0 Å². The van der Waals surface area contributed by atoms with Crippen molar-refractivity contribution >= 4 is 22.3 Å². The van der Waals surface area contributed by atoms with E-state index in [1.165, 1.54) is 12.3 Å². The molecule has 2 aromatic carbocycles. The first-order valence-corrected chi connectivity index (χ1v) is 6.71. The molecule has 0 aliphatic carbocycles. The molecule has 6 heteroatoms. The van der Waals surface area contributed by atoms with Crippen LogP contribution in [-0.4, -0.2) is 4.98 Å². The SMILES string of the molecule is N#Cc1ccccc1Nc1ccnc2ccc(C(F)(F)F)cc12. The minimum Gasteiger partial charge on any atom is -0.354 e. The van der Waals surface area contributed by atoms with Gasteiger partial charge in [0.25, 0.3) is 0 Å². The average Bonchev–Trinajstić information content (AvgIpc) is 2.54. The van der Waals surface area contributed by atoms with E-state index in [-0.39, 0.29) is 0 Å². The van der Waals surface area contributed by atoms with Crippen LogP contribution in [0.15, 0.2) is 54.7 Å². The number of fused-ring (bicyclic) bond motifs is 1. The molecule has 0 bridgehead atoms. The van der Waals surface area contributed by atoms with E-state index >= 15 is 0 Å². The fraction of sp³-hybridized carbons (Fsp3) is 0.0588. The normalized spacial score (nSPS) is 11.2. The summed E-state index contributed by atoms with van der Waals surface area (Å²) in [5.74, 6) is 0. The number of aromatic nitrogens is 1. The second kappa shape index (κ2) is 5.61. The number of pyridine rings is 1. The van der Waals surface area contributed by atoms with Crippen LogP contribution in [0.3, 0.4) is 0 Å². The molecule has 0 aliphatic heterocycles. The van der Waals surface area contributed by atoms with Crippen LogP contribution >= 0.6 is 0 Å². The van der Waals surface area contributed by atoms with Gasteiger partial charge >= 0.3 is 6.18 Å². The minimum absolute atomic E-state index is 0.343. The maximum atomic E-state index is 12.9. The van der Waals surface area contributed by atoms with Gasteiger partial charge in [-0.3, -0.25) is 4.98 Å². The van der Waals surface area contributed by atoms with Gasteiger partial charge in [-0.1, -0.05) is 12.1 Å². The van der Waals surface area contributed by atoms with Gasteiger partial charge in [-0.15, -0.1) is 0 Å². The lowest BCUT2D eigenvalue weighted by atomic mass is 10.1. The number of nitrogens with one attached hydrogen (secondary N) is 1. The number of halogens is 3. The summed E-state index contributed by atoms with van der Waals surface area (Å²) in [5, 5.41) is 12.5. The highest BCUT2D eigenvalue weighted by Gasteiger charge is 2.30. The van der Waals surface area contributed by atoms with Gasteiger partial charge in [-0.05, 0) is 36.4 Å². The van der Waals surface area contributed by atoms with Gasteiger partial charge in [0.1, 0.15) is 6.07 Å². The van der Waals surface area contributed by atoms with Crippen LogP contribution in [-0.2, 0) is 6.18 Å². The highest BCUT2D eigenvalue weighted by Crippen LogP contribution is 2.34. The third-order valence-corrected chi connectivity index (χ3v) is 3.39. The molecule has 114 valence electrons. The van der Waals surface area contributed by atoms with Gasteiger partial charge in [-0.2, -0.15) is 18.4 Å². The van der Waals surface area contributed by atoms with Crippen LogP contribution in [0.4, 0.5) is 24.5 Å². The van der Waals surface area contributed by atoms with E-state index in [0.717, 1.165) is 12.1 Å². The molecule has 3 aromatic rings. The molecule has 0 saturated heterocycles. The van der Waals surface area contributed by atoms with E-state index in [2.05, 4.69) is 10.3 Å². The molecule has 0 radical (unpaired) electrons. The van der Waals surface area contributed by atoms with Gasteiger partial charge in [0.05, 0.1) is 22.3 Å². The van der Waals surface area contributed by atoms with Gasteiger partial charge in [0.2, 0.25) is 0 Å². The van der Waals surface area contributed by atoms with E-state index in [9.17, 15) is 13.2 Å². The number of alkyl halides is 3. The van der Waals surface area contributed by atoms with Crippen molar-refractivity contribution in [1.29, 1.82) is 5.26 Å². The number of hydrogen-bond acceptors (Lipinski definition) is 3. The minimum atomic E-state index is -4.42. The third kappa shape index (κ3) is 2.94. The summed E-state index contributed by atoms with van der Waals surface area (Å²) in [6, 6.07) is 13.8. The summed E-state index contributed by atoms with van der Waals surface area (Å²) < 4.78 is 38.7. The number of para-hydroxylation sites is 1. The number of anilines is 2.